The van der Waals surface area contributed by atoms with E-state index >= 15 is 0 Å². The van der Waals surface area contributed by atoms with Gasteiger partial charge in [-0.15, -0.1) is 0 Å². The summed E-state index contributed by atoms with van der Waals surface area (Å²) in [7, 11) is -4.04. The zero-order chi connectivity index (χ0) is 25.5. The van der Waals surface area contributed by atoms with Crippen LogP contribution in [0.15, 0.2) is 53.4 Å². The van der Waals surface area contributed by atoms with Gasteiger partial charge in [0, 0.05) is 63.5 Å². The van der Waals surface area contributed by atoms with E-state index in [0.717, 1.165) is 57.6 Å². The van der Waals surface area contributed by atoms with Gasteiger partial charge in [0.2, 0.25) is 15.9 Å². The maximum Gasteiger partial charge on any atom is 0.269 e. The van der Waals surface area contributed by atoms with Gasteiger partial charge in [0.15, 0.2) is 0 Å². The van der Waals surface area contributed by atoms with Crippen molar-refractivity contribution >= 4 is 27.5 Å². The van der Waals surface area contributed by atoms with Gasteiger partial charge >= 0.3 is 0 Å². The highest BCUT2D eigenvalue weighted by atomic mass is 32.2. The molecule has 2 amide bonds. The van der Waals surface area contributed by atoms with E-state index in [9.17, 15) is 22.4 Å². The molecule has 2 aromatic carbocycles. The zero-order valence-corrected chi connectivity index (χ0v) is 21.0. The molecular weight excluding hydrogens is 485 g/mol. The number of nitrogens with one attached hydrogen (secondary N) is 2. The molecule has 2 N–H and O–H groups in total. The summed E-state index contributed by atoms with van der Waals surface area (Å²) in [5.74, 6) is -1.99. The van der Waals surface area contributed by atoms with Crippen LogP contribution in [0, 0.1) is 5.82 Å². The third kappa shape index (κ3) is 6.40. The molecule has 2 heterocycles. The first-order valence-corrected chi connectivity index (χ1v) is 13.7. The highest BCUT2D eigenvalue weighted by Crippen LogP contribution is 2.24. The second kappa shape index (κ2) is 11.8. The predicted molar refractivity (Wildman–Crippen MR) is 134 cm³/mol. The summed E-state index contributed by atoms with van der Waals surface area (Å²) >= 11 is 0. The quantitative estimate of drug-likeness (QED) is 0.545. The Hall–Kier alpha value is -3.02. The average Bonchev–Trinajstić information content (AvgIpc) is 2.92. The molecule has 0 aliphatic carbocycles. The number of anilines is 1. The number of carbonyl (C=O) groups is 2. The molecule has 0 aromatic heterocycles. The molecule has 2 saturated heterocycles. The summed E-state index contributed by atoms with van der Waals surface area (Å²) in [6.45, 7) is 4.62. The number of hydrogen-bond acceptors (Lipinski definition) is 6. The van der Waals surface area contributed by atoms with Gasteiger partial charge in [-0.3, -0.25) is 25.3 Å². The van der Waals surface area contributed by atoms with Crippen molar-refractivity contribution in [2.75, 3.05) is 50.7 Å². The number of para-hydroxylation sites is 1. The van der Waals surface area contributed by atoms with Crippen LogP contribution in [0.2, 0.25) is 0 Å². The van der Waals surface area contributed by atoms with Crippen LogP contribution in [0.1, 0.15) is 36.0 Å². The van der Waals surface area contributed by atoms with Gasteiger partial charge < -0.3 is 4.90 Å². The molecule has 2 aliphatic rings. The van der Waals surface area contributed by atoms with E-state index in [0.29, 0.717) is 19.6 Å². The number of piperidine rings is 1. The maximum absolute atomic E-state index is 14.4. The fourth-order valence-electron chi connectivity index (χ4n) is 4.48. The summed E-state index contributed by atoms with van der Waals surface area (Å²) in [5, 5.41) is 0. The Bertz CT molecular complexity index is 1160. The van der Waals surface area contributed by atoms with Gasteiger partial charge in [0.25, 0.3) is 5.91 Å². The molecule has 0 radical (unpaired) electrons. The molecule has 2 aliphatic heterocycles. The Morgan fingerprint density at radius 2 is 1.56 bits per heavy atom. The summed E-state index contributed by atoms with van der Waals surface area (Å²) < 4.78 is 41.4. The first-order chi connectivity index (χ1) is 17.3. The summed E-state index contributed by atoms with van der Waals surface area (Å²) in [5.41, 5.74) is 5.79. The lowest BCUT2D eigenvalue weighted by atomic mass is 10.2. The van der Waals surface area contributed by atoms with E-state index in [4.69, 9.17) is 0 Å². The third-order valence-corrected chi connectivity index (χ3v) is 8.50. The Labute approximate surface area is 211 Å². The lowest BCUT2D eigenvalue weighted by Crippen LogP contribution is -2.48. The molecular formula is C25H32FN5O4S. The zero-order valence-electron chi connectivity index (χ0n) is 20.2. The van der Waals surface area contributed by atoms with Crippen LogP contribution in [0.5, 0.6) is 0 Å². The number of amides is 2. The SMILES string of the molecule is O=C(CCN1CCN(c2ccccc2)CC1)NNC(=O)c1ccc(F)c(S(=O)(=O)N2CCCCC2)c1. The molecule has 2 aromatic rings. The molecule has 0 atom stereocenters. The topological polar surface area (TPSA) is 102 Å². The minimum Gasteiger partial charge on any atom is -0.369 e. The maximum atomic E-state index is 14.4. The van der Waals surface area contributed by atoms with Crippen molar-refractivity contribution in [3.05, 3.63) is 59.9 Å². The normalized spacial score (nSPS) is 17.5. The fraction of sp³-hybridized carbons (Fsp3) is 0.440. The monoisotopic (exact) mass is 517 g/mol. The van der Waals surface area contributed by atoms with Gasteiger partial charge in [0.1, 0.15) is 10.7 Å². The van der Waals surface area contributed by atoms with E-state index in [1.807, 2.05) is 18.2 Å². The van der Waals surface area contributed by atoms with Gasteiger partial charge in [-0.1, -0.05) is 24.6 Å². The van der Waals surface area contributed by atoms with E-state index in [2.05, 4.69) is 32.8 Å². The first kappa shape index (κ1) is 26.1. The number of carbonyl (C=O) groups excluding carboxylic acids is 2. The average molecular weight is 518 g/mol. The van der Waals surface area contributed by atoms with Gasteiger partial charge in [-0.25, -0.2) is 12.8 Å². The number of piperazine rings is 1. The minimum absolute atomic E-state index is 0.0516. The van der Waals surface area contributed by atoms with Gasteiger partial charge in [-0.05, 0) is 43.2 Å². The standard InChI is InChI=1S/C25H32FN5O4S/c26-22-10-9-20(19-23(22)36(34,35)31-12-5-2-6-13-31)25(33)28-27-24(32)11-14-29-15-17-30(18-16-29)21-7-3-1-4-8-21/h1,3-4,7-10,19H,2,5-6,11-18H2,(H,27,32)(H,28,33). The van der Waals surface area contributed by atoms with E-state index in [1.54, 1.807) is 0 Å². The number of hydrogen-bond donors (Lipinski definition) is 2. The lowest BCUT2D eigenvalue weighted by molar-refractivity contribution is -0.122. The molecule has 0 bridgehead atoms. The lowest BCUT2D eigenvalue weighted by Gasteiger charge is -2.36. The van der Waals surface area contributed by atoms with Crippen molar-refractivity contribution in [2.24, 2.45) is 0 Å². The first-order valence-electron chi connectivity index (χ1n) is 12.3. The number of benzene rings is 2. The van der Waals surface area contributed by atoms with Crippen LogP contribution in [0.25, 0.3) is 0 Å². The van der Waals surface area contributed by atoms with Gasteiger partial charge in [0.05, 0.1) is 0 Å². The summed E-state index contributed by atoms with van der Waals surface area (Å²) in [6, 6.07) is 13.4. The number of halogens is 1. The van der Waals surface area contributed by atoms with Crippen LogP contribution in [-0.4, -0.2) is 75.3 Å². The summed E-state index contributed by atoms with van der Waals surface area (Å²) in [6.07, 6.45) is 2.57. The molecule has 194 valence electrons. The molecule has 4 rings (SSSR count). The number of sulfonamides is 1. The van der Waals surface area contributed by atoms with Crippen molar-refractivity contribution in [3.8, 4) is 0 Å². The van der Waals surface area contributed by atoms with Crippen LogP contribution < -0.4 is 15.8 Å². The van der Waals surface area contributed by atoms with Crippen LogP contribution in [0.4, 0.5) is 10.1 Å². The van der Waals surface area contributed by atoms with E-state index in [-0.39, 0.29) is 17.9 Å². The largest absolute Gasteiger partial charge is 0.369 e. The van der Waals surface area contributed by atoms with Crippen molar-refractivity contribution in [2.45, 2.75) is 30.6 Å². The van der Waals surface area contributed by atoms with Crippen LogP contribution >= 0.6 is 0 Å². The van der Waals surface area contributed by atoms with Crippen molar-refractivity contribution in [3.63, 3.8) is 0 Å². The van der Waals surface area contributed by atoms with E-state index < -0.39 is 26.6 Å². The molecule has 0 saturated carbocycles. The molecule has 0 spiro atoms. The fourth-order valence-corrected chi connectivity index (χ4v) is 6.08. The molecule has 0 unspecified atom stereocenters. The third-order valence-electron chi connectivity index (χ3n) is 6.59. The van der Waals surface area contributed by atoms with E-state index in [1.165, 1.54) is 16.1 Å². The summed E-state index contributed by atoms with van der Waals surface area (Å²) in [4.78, 5) is 28.8. The predicted octanol–water partition coefficient (Wildman–Crippen LogP) is 1.97. The number of hydrazine groups is 1. The molecule has 36 heavy (non-hydrogen) atoms. The molecule has 2 fully saturated rings. The number of rotatable bonds is 7. The highest BCUT2D eigenvalue weighted by molar-refractivity contribution is 7.89. The Morgan fingerprint density at radius 1 is 0.861 bits per heavy atom. The molecule has 9 nitrogen and oxygen atoms in total. The van der Waals surface area contributed by atoms with Crippen molar-refractivity contribution in [1.82, 2.24) is 20.1 Å². The van der Waals surface area contributed by atoms with Crippen LogP contribution in [0.3, 0.4) is 0 Å². The Balaban J connectivity index is 1.25. The van der Waals surface area contributed by atoms with Crippen molar-refractivity contribution in [1.29, 1.82) is 0 Å². The molecule has 11 heteroatoms. The van der Waals surface area contributed by atoms with Crippen molar-refractivity contribution < 1.29 is 22.4 Å². The van der Waals surface area contributed by atoms with Gasteiger partial charge in [-0.2, -0.15) is 4.31 Å². The minimum atomic E-state index is -4.04. The Kier molecular flexibility index (Phi) is 8.55. The second-order valence-corrected chi connectivity index (χ2v) is 10.9. The Morgan fingerprint density at radius 3 is 2.25 bits per heavy atom. The highest BCUT2D eigenvalue weighted by Gasteiger charge is 2.29. The van der Waals surface area contributed by atoms with Crippen LogP contribution in [-0.2, 0) is 14.8 Å². The number of nitrogens with zero attached hydrogens (tertiary/aromatic N) is 3. The smallest absolute Gasteiger partial charge is 0.269 e. The second-order valence-electron chi connectivity index (χ2n) is 9.03.